The molecule has 288 valence electrons. The molecule has 0 saturated carbocycles. The van der Waals surface area contributed by atoms with Crippen LogP contribution in [0.5, 0.6) is 17.2 Å². The Bertz CT molecular complexity index is 1930. The van der Waals surface area contributed by atoms with Crippen LogP contribution >= 0.6 is 0 Å². The van der Waals surface area contributed by atoms with Gasteiger partial charge >= 0.3 is 0 Å². The third kappa shape index (κ3) is 7.01. The zero-order valence-corrected chi connectivity index (χ0v) is 29.6. The highest BCUT2D eigenvalue weighted by atomic mass is 16.7. The summed E-state index contributed by atoms with van der Waals surface area (Å²) in [5, 5.41) is 60.5. The molecule has 6 atom stereocenters. The standard InChI is InChI=1S/C37H42N4O13/c1-17-32(46)20(38)13-27(53-17)54-22-15-37(51,23(16-42)39-40-24(43)9-4-3-5-12-41-25(44)10-11-26(41)45)14-19-29(22)36(50)31-30(34(19)48)33(47)18-7-6-8-21(52-2)28(18)35(31)49/h6-8,10-11,17,20,22,27,32,42,46,48,50-51H,3-5,9,12-16,38H2,1-2H3,(H,40,43)/b39-23-/t17-,20-,22-,27-,32-,37-/m0/s1. The number of rotatable bonds is 12. The fraction of sp³-hybridized carbons (Fsp3) is 0.459. The number of nitrogens with zero attached hydrogens (tertiary/aromatic N) is 2. The van der Waals surface area contributed by atoms with Crippen LogP contribution in [0.1, 0.15) is 94.5 Å². The number of nitrogens with one attached hydrogen (secondary N) is 1. The fourth-order valence-electron chi connectivity index (χ4n) is 7.47. The minimum atomic E-state index is -2.16. The first kappa shape index (κ1) is 38.7. The molecule has 54 heavy (non-hydrogen) atoms. The molecule has 6 rings (SSSR count). The predicted molar refractivity (Wildman–Crippen MR) is 187 cm³/mol. The number of hydrazone groups is 1. The molecule has 2 aromatic carbocycles. The number of aliphatic hydroxyl groups is 3. The van der Waals surface area contributed by atoms with Crippen molar-refractivity contribution in [3.8, 4) is 17.2 Å². The predicted octanol–water partition coefficient (Wildman–Crippen LogP) is 0.390. The van der Waals surface area contributed by atoms with Gasteiger partial charge in [-0.25, -0.2) is 5.43 Å². The molecule has 0 spiro atoms. The number of fused-ring (bicyclic) bond motifs is 3. The van der Waals surface area contributed by atoms with Gasteiger partial charge in [0.05, 0.1) is 54.4 Å². The van der Waals surface area contributed by atoms with Gasteiger partial charge in [0.1, 0.15) is 22.8 Å². The van der Waals surface area contributed by atoms with Gasteiger partial charge in [-0.3, -0.25) is 28.9 Å². The van der Waals surface area contributed by atoms with Gasteiger partial charge in [0, 0.05) is 67.1 Å². The van der Waals surface area contributed by atoms with Gasteiger partial charge in [0.15, 0.2) is 12.1 Å². The third-order valence-corrected chi connectivity index (χ3v) is 10.3. The number of nitrogens with two attached hydrogens (primary N) is 1. The lowest BCUT2D eigenvalue weighted by atomic mass is 9.71. The molecule has 17 nitrogen and oxygen atoms in total. The molecule has 4 aliphatic rings. The molecule has 17 heteroatoms. The number of benzene rings is 2. The van der Waals surface area contributed by atoms with Gasteiger partial charge in [-0.1, -0.05) is 18.6 Å². The Kier molecular flexibility index (Phi) is 11.0. The Morgan fingerprint density at radius 1 is 1.06 bits per heavy atom. The van der Waals surface area contributed by atoms with Crippen LogP contribution in [0.4, 0.5) is 0 Å². The second-order valence-corrected chi connectivity index (χ2v) is 13.8. The Hall–Kier alpha value is -5.04. The summed E-state index contributed by atoms with van der Waals surface area (Å²) >= 11 is 0. The van der Waals surface area contributed by atoms with E-state index in [0.717, 1.165) is 4.90 Å². The van der Waals surface area contributed by atoms with Crippen LogP contribution in [-0.2, 0) is 30.3 Å². The lowest BCUT2D eigenvalue weighted by Crippen LogP contribution is -2.53. The average Bonchev–Trinajstić information content (AvgIpc) is 3.46. The lowest BCUT2D eigenvalue weighted by molar-refractivity contribution is -0.245. The topological polar surface area (TPSA) is 268 Å². The van der Waals surface area contributed by atoms with Crippen LogP contribution < -0.4 is 15.9 Å². The average molecular weight is 751 g/mol. The molecular weight excluding hydrogens is 708 g/mol. The van der Waals surface area contributed by atoms with Gasteiger partial charge in [-0.2, -0.15) is 5.10 Å². The van der Waals surface area contributed by atoms with Crippen molar-refractivity contribution in [3.05, 3.63) is 63.7 Å². The van der Waals surface area contributed by atoms with Crippen molar-refractivity contribution in [2.75, 3.05) is 20.3 Å². The van der Waals surface area contributed by atoms with Crippen LogP contribution in [0.25, 0.3) is 0 Å². The molecule has 8 N–H and O–H groups in total. The van der Waals surface area contributed by atoms with E-state index < -0.39 is 108 Å². The van der Waals surface area contributed by atoms with Gasteiger partial charge in [0.2, 0.25) is 11.7 Å². The van der Waals surface area contributed by atoms with Crippen molar-refractivity contribution in [2.24, 2.45) is 10.8 Å². The summed E-state index contributed by atoms with van der Waals surface area (Å²) < 4.78 is 17.4. The Morgan fingerprint density at radius 2 is 1.76 bits per heavy atom. The molecule has 2 aromatic rings. The fourth-order valence-corrected chi connectivity index (χ4v) is 7.47. The van der Waals surface area contributed by atoms with E-state index in [4.69, 9.17) is 19.9 Å². The second kappa shape index (κ2) is 15.4. The van der Waals surface area contributed by atoms with Gasteiger partial charge in [-0.05, 0) is 25.8 Å². The number of amides is 3. The summed E-state index contributed by atoms with van der Waals surface area (Å²) in [7, 11) is 1.32. The Morgan fingerprint density at radius 3 is 2.43 bits per heavy atom. The van der Waals surface area contributed by atoms with E-state index in [9.17, 15) is 49.5 Å². The zero-order valence-electron chi connectivity index (χ0n) is 29.6. The number of methoxy groups -OCH3 is 1. The maximum atomic E-state index is 14.0. The largest absolute Gasteiger partial charge is 0.507 e. The number of phenols is 2. The normalized spacial score (nSPS) is 26.4. The molecule has 2 aliphatic heterocycles. The van der Waals surface area contributed by atoms with E-state index in [1.165, 1.54) is 37.5 Å². The third-order valence-electron chi connectivity index (χ3n) is 10.3. The first-order valence-corrected chi connectivity index (χ1v) is 17.5. The molecule has 3 amide bonds. The van der Waals surface area contributed by atoms with Crippen molar-refractivity contribution >= 4 is 35.0 Å². The molecule has 0 aromatic heterocycles. The summed E-state index contributed by atoms with van der Waals surface area (Å²) in [5.41, 5.74) is 4.46. The maximum Gasteiger partial charge on any atom is 0.253 e. The van der Waals surface area contributed by atoms with Gasteiger partial charge in [0.25, 0.3) is 11.8 Å². The van der Waals surface area contributed by atoms with E-state index in [1.54, 1.807) is 6.92 Å². The minimum Gasteiger partial charge on any atom is -0.507 e. The molecule has 1 fully saturated rings. The lowest BCUT2D eigenvalue weighted by Gasteiger charge is -2.43. The molecule has 1 saturated heterocycles. The minimum absolute atomic E-state index is 0.0120. The molecule has 2 aliphatic carbocycles. The molecule has 0 bridgehead atoms. The first-order valence-electron chi connectivity index (χ1n) is 17.5. The number of hydrogen-bond donors (Lipinski definition) is 7. The van der Waals surface area contributed by atoms with Crippen LogP contribution in [0.3, 0.4) is 0 Å². The van der Waals surface area contributed by atoms with Crippen molar-refractivity contribution in [2.45, 2.75) is 88.1 Å². The number of imide groups is 1. The monoisotopic (exact) mass is 750 g/mol. The molecule has 2 heterocycles. The highest BCUT2D eigenvalue weighted by Crippen LogP contribution is 2.52. The number of carbonyl (C=O) groups is 5. The number of unbranched alkanes of at least 4 members (excludes halogenated alkanes) is 2. The van der Waals surface area contributed by atoms with Gasteiger partial charge < -0.3 is 45.5 Å². The van der Waals surface area contributed by atoms with E-state index >= 15 is 0 Å². The number of ether oxygens (including phenoxy) is 3. The van der Waals surface area contributed by atoms with Crippen molar-refractivity contribution in [1.29, 1.82) is 0 Å². The smallest absolute Gasteiger partial charge is 0.253 e. The highest BCUT2D eigenvalue weighted by Gasteiger charge is 2.49. The van der Waals surface area contributed by atoms with E-state index in [-0.39, 0.29) is 53.1 Å². The summed E-state index contributed by atoms with van der Waals surface area (Å²) in [6, 6.07) is 3.57. The number of carbonyl (C=O) groups excluding carboxylic acids is 5. The van der Waals surface area contributed by atoms with Crippen molar-refractivity contribution in [1.82, 2.24) is 10.3 Å². The number of ketones is 2. The van der Waals surface area contributed by atoms with Crippen molar-refractivity contribution in [3.63, 3.8) is 0 Å². The highest BCUT2D eigenvalue weighted by molar-refractivity contribution is 6.31. The van der Waals surface area contributed by atoms with Gasteiger partial charge in [-0.15, -0.1) is 0 Å². The number of aliphatic hydroxyl groups excluding tert-OH is 2. The molecular formula is C37H42N4O13. The Labute approximate surface area is 309 Å². The van der Waals surface area contributed by atoms with E-state index in [0.29, 0.717) is 19.3 Å². The molecule has 0 unspecified atom stereocenters. The quantitative estimate of drug-likeness (QED) is 0.0434. The summed E-state index contributed by atoms with van der Waals surface area (Å²) in [6.45, 7) is 0.910. The Balaban J connectivity index is 1.29. The zero-order chi connectivity index (χ0) is 39.1. The van der Waals surface area contributed by atoms with E-state index in [1.807, 2.05) is 0 Å². The number of aromatic hydroxyl groups is 2. The number of phenolic OH excluding ortho intramolecular Hbond substituents is 2. The van der Waals surface area contributed by atoms with Crippen LogP contribution in [-0.4, -0.2) is 116 Å². The van der Waals surface area contributed by atoms with Crippen molar-refractivity contribution < 1.29 is 63.7 Å². The van der Waals surface area contributed by atoms with Crippen LogP contribution in [0, 0.1) is 0 Å². The summed E-state index contributed by atoms with van der Waals surface area (Å²) in [6.07, 6.45) is -1.56. The maximum absolute atomic E-state index is 14.0. The first-order chi connectivity index (χ1) is 25.7. The molecule has 0 radical (unpaired) electrons. The van der Waals surface area contributed by atoms with Crippen LogP contribution in [0.15, 0.2) is 35.5 Å². The number of hydrogen-bond acceptors (Lipinski definition) is 15. The summed E-state index contributed by atoms with van der Waals surface area (Å²) in [4.78, 5) is 65.1. The van der Waals surface area contributed by atoms with E-state index in [2.05, 4.69) is 10.5 Å². The second-order valence-electron chi connectivity index (χ2n) is 13.8. The summed E-state index contributed by atoms with van der Waals surface area (Å²) in [5.74, 6) is -4.25. The SMILES string of the molecule is COc1cccc2c1C(=O)c1c(O)c3c(c(O)c1C2=O)C[C@@](O)(/C(CO)=N\NC(=O)CCCCCN1C(=O)C=CC1=O)C[C@@H]3O[C@H]1C[C@H](N)[C@@H](O)[C@H](C)O1. The van der Waals surface area contributed by atoms with Crippen LogP contribution in [0.2, 0.25) is 0 Å².